The monoisotopic (exact) mass is 423 g/mol. The van der Waals surface area contributed by atoms with E-state index < -0.39 is 18.5 Å². The standard InChI is InChI=1S/C22H18ClN3O4/c23-17-9-7-16(8-10-17)21(28)18-5-1-2-6-19(18)22(29)30-15-20(27)26(13-3-11-24)14-4-12-25/h1-2,5-10H,3-4,13-15H2. The van der Waals surface area contributed by atoms with Gasteiger partial charge < -0.3 is 9.64 Å². The highest BCUT2D eigenvalue weighted by Crippen LogP contribution is 2.18. The number of carbonyl (C=O) groups excluding carboxylic acids is 3. The number of hydrogen-bond acceptors (Lipinski definition) is 6. The number of nitriles is 2. The van der Waals surface area contributed by atoms with Crippen LogP contribution in [0.25, 0.3) is 0 Å². The molecule has 0 aliphatic carbocycles. The third-order valence-corrected chi connectivity index (χ3v) is 4.42. The molecule has 0 saturated carbocycles. The molecule has 30 heavy (non-hydrogen) atoms. The van der Waals surface area contributed by atoms with E-state index >= 15 is 0 Å². The van der Waals surface area contributed by atoms with Crippen molar-refractivity contribution in [2.24, 2.45) is 0 Å². The van der Waals surface area contributed by atoms with Crippen LogP contribution in [0.4, 0.5) is 0 Å². The molecule has 0 fully saturated rings. The highest BCUT2D eigenvalue weighted by molar-refractivity contribution is 6.30. The van der Waals surface area contributed by atoms with Gasteiger partial charge in [-0.05, 0) is 30.3 Å². The summed E-state index contributed by atoms with van der Waals surface area (Å²) in [7, 11) is 0. The zero-order valence-corrected chi connectivity index (χ0v) is 16.8. The Bertz CT molecular complexity index is 988. The molecule has 0 unspecified atom stereocenters. The summed E-state index contributed by atoms with van der Waals surface area (Å²) in [5.41, 5.74) is 0.531. The van der Waals surface area contributed by atoms with Crippen molar-refractivity contribution in [1.82, 2.24) is 4.90 Å². The summed E-state index contributed by atoms with van der Waals surface area (Å²) in [6, 6.07) is 16.3. The summed E-state index contributed by atoms with van der Waals surface area (Å²) in [4.78, 5) is 38.9. The van der Waals surface area contributed by atoms with E-state index in [-0.39, 0.29) is 42.8 Å². The van der Waals surface area contributed by atoms with Crippen molar-refractivity contribution in [3.63, 3.8) is 0 Å². The van der Waals surface area contributed by atoms with Crippen LogP contribution < -0.4 is 0 Å². The van der Waals surface area contributed by atoms with Gasteiger partial charge in [-0.3, -0.25) is 9.59 Å². The average molecular weight is 424 g/mol. The van der Waals surface area contributed by atoms with Crippen LogP contribution >= 0.6 is 11.6 Å². The van der Waals surface area contributed by atoms with Crippen molar-refractivity contribution in [1.29, 1.82) is 10.5 Å². The predicted octanol–water partition coefficient (Wildman–Crippen LogP) is 3.38. The molecular formula is C22H18ClN3O4. The Labute approximate surface area is 179 Å². The molecule has 0 heterocycles. The summed E-state index contributed by atoms with van der Waals surface area (Å²) >= 11 is 5.85. The van der Waals surface area contributed by atoms with Gasteiger partial charge in [-0.2, -0.15) is 10.5 Å². The first-order chi connectivity index (χ1) is 14.5. The molecule has 0 aliphatic rings. The number of amides is 1. The van der Waals surface area contributed by atoms with E-state index in [1.807, 2.05) is 12.1 Å². The summed E-state index contributed by atoms with van der Waals surface area (Å²) < 4.78 is 5.11. The Kier molecular flexibility index (Phi) is 8.56. The molecule has 0 N–H and O–H groups in total. The fourth-order valence-corrected chi connectivity index (χ4v) is 2.77. The maximum Gasteiger partial charge on any atom is 0.339 e. The summed E-state index contributed by atoms with van der Waals surface area (Å²) in [5, 5.41) is 17.9. The normalized spacial score (nSPS) is 9.83. The second kappa shape index (κ2) is 11.4. The molecule has 2 aromatic rings. The molecule has 1 amide bonds. The Morgan fingerprint density at radius 3 is 2.03 bits per heavy atom. The Balaban J connectivity index is 2.11. The molecule has 8 heteroatoms. The van der Waals surface area contributed by atoms with Gasteiger partial charge in [-0.25, -0.2) is 4.79 Å². The van der Waals surface area contributed by atoms with E-state index in [9.17, 15) is 14.4 Å². The highest BCUT2D eigenvalue weighted by Gasteiger charge is 2.21. The smallest absolute Gasteiger partial charge is 0.339 e. The minimum absolute atomic E-state index is 0.0332. The van der Waals surface area contributed by atoms with E-state index in [4.69, 9.17) is 26.9 Å². The fraction of sp³-hybridized carbons (Fsp3) is 0.227. The quantitative estimate of drug-likeness (QED) is 0.451. The Hall–Kier alpha value is -3.68. The zero-order valence-electron chi connectivity index (χ0n) is 16.0. The first kappa shape index (κ1) is 22.6. The fourth-order valence-electron chi connectivity index (χ4n) is 2.64. The van der Waals surface area contributed by atoms with Gasteiger partial charge in [0.1, 0.15) is 0 Å². The molecule has 152 valence electrons. The summed E-state index contributed by atoms with van der Waals surface area (Å²) in [5.74, 6) is -1.72. The summed E-state index contributed by atoms with van der Waals surface area (Å²) in [6.07, 6.45) is 0.201. The van der Waals surface area contributed by atoms with Gasteiger partial charge in [0.15, 0.2) is 12.4 Å². The number of ether oxygens (including phenoxy) is 1. The van der Waals surface area contributed by atoms with Crippen molar-refractivity contribution in [2.45, 2.75) is 12.8 Å². The van der Waals surface area contributed by atoms with Crippen molar-refractivity contribution >= 4 is 29.3 Å². The van der Waals surface area contributed by atoms with Gasteiger partial charge in [-0.15, -0.1) is 0 Å². The van der Waals surface area contributed by atoms with Gasteiger partial charge in [0.2, 0.25) is 0 Å². The first-order valence-corrected chi connectivity index (χ1v) is 9.43. The number of rotatable bonds is 9. The van der Waals surface area contributed by atoms with Crippen molar-refractivity contribution in [3.8, 4) is 12.1 Å². The lowest BCUT2D eigenvalue weighted by atomic mass is 9.98. The number of halogens is 1. The molecule has 0 aromatic heterocycles. The summed E-state index contributed by atoms with van der Waals surface area (Å²) in [6.45, 7) is -0.278. The van der Waals surface area contributed by atoms with Crippen LogP contribution in [0.3, 0.4) is 0 Å². The van der Waals surface area contributed by atoms with Crippen molar-refractivity contribution in [2.75, 3.05) is 19.7 Å². The molecule has 0 radical (unpaired) electrons. The van der Waals surface area contributed by atoms with Crippen LogP contribution in [0.15, 0.2) is 48.5 Å². The molecule has 2 rings (SSSR count). The van der Waals surface area contributed by atoms with E-state index in [0.717, 1.165) is 0 Å². The van der Waals surface area contributed by atoms with E-state index in [0.29, 0.717) is 10.6 Å². The number of esters is 1. The number of benzene rings is 2. The van der Waals surface area contributed by atoms with Gasteiger partial charge in [0, 0.05) is 29.2 Å². The number of ketones is 1. The molecule has 0 bridgehead atoms. The van der Waals surface area contributed by atoms with Crippen LogP contribution in [-0.4, -0.2) is 42.3 Å². The molecule has 2 aromatic carbocycles. The molecule has 0 saturated heterocycles. The lowest BCUT2D eigenvalue weighted by Crippen LogP contribution is -2.36. The zero-order chi connectivity index (χ0) is 21.9. The van der Waals surface area contributed by atoms with Crippen LogP contribution in [0, 0.1) is 22.7 Å². The molecule has 0 atom stereocenters. The van der Waals surface area contributed by atoms with Crippen LogP contribution in [-0.2, 0) is 9.53 Å². The van der Waals surface area contributed by atoms with Crippen LogP contribution in [0.5, 0.6) is 0 Å². The Morgan fingerprint density at radius 1 is 0.900 bits per heavy atom. The number of hydrogen-bond donors (Lipinski definition) is 0. The van der Waals surface area contributed by atoms with E-state index in [1.54, 1.807) is 36.4 Å². The van der Waals surface area contributed by atoms with Gasteiger partial charge in [0.05, 0.1) is 30.5 Å². The largest absolute Gasteiger partial charge is 0.452 e. The average Bonchev–Trinajstić information content (AvgIpc) is 2.77. The predicted molar refractivity (Wildman–Crippen MR) is 109 cm³/mol. The molecular weight excluding hydrogens is 406 g/mol. The van der Waals surface area contributed by atoms with E-state index in [2.05, 4.69) is 0 Å². The van der Waals surface area contributed by atoms with Crippen LogP contribution in [0.2, 0.25) is 5.02 Å². The second-order valence-corrected chi connectivity index (χ2v) is 6.59. The molecule has 0 spiro atoms. The first-order valence-electron chi connectivity index (χ1n) is 9.06. The number of nitrogens with zero attached hydrogens (tertiary/aromatic N) is 3. The third-order valence-electron chi connectivity index (χ3n) is 4.16. The Morgan fingerprint density at radius 2 is 1.47 bits per heavy atom. The van der Waals surface area contributed by atoms with Crippen molar-refractivity contribution < 1.29 is 19.1 Å². The minimum atomic E-state index is -0.818. The topological polar surface area (TPSA) is 111 Å². The van der Waals surface area contributed by atoms with Crippen molar-refractivity contribution in [3.05, 3.63) is 70.2 Å². The van der Waals surface area contributed by atoms with Gasteiger partial charge >= 0.3 is 5.97 Å². The number of carbonyl (C=O) groups is 3. The minimum Gasteiger partial charge on any atom is -0.452 e. The highest BCUT2D eigenvalue weighted by atomic mass is 35.5. The lowest BCUT2D eigenvalue weighted by molar-refractivity contribution is -0.134. The maximum absolute atomic E-state index is 12.8. The van der Waals surface area contributed by atoms with Gasteiger partial charge in [-0.1, -0.05) is 29.8 Å². The second-order valence-electron chi connectivity index (χ2n) is 6.15. The molecule has 0 aliphatic heterocycles. The van der Waals surface area contributed by atoms with Gasteiger partial charge in [0.25, 0.3) is 5.91 Å². The lowest BCUT2D eigenvalue weighted by Gasteiger charge is -2.20. The SMILES string of the molecule is N#CCCN(CCC#N)C(=O)COC(=O)c1ccccc1C(=O)c1ccc(Cl)cc1. The molecule has 7 nitrogen and oxygen atoms in total. The van der Waals surface area contributed by atoms with Crippen LogP contribution in [0.1, 0.15) is 39.1 Å². The van der Waals surface area contributed by atoms with E-state index in [1.165, 1.54) is 17.0 Å². The maximum atomic E-state index is 12.8. The third kappa shape index (κ3) is 6.16.